The number of rotatable bonds is 8. The van der Waals surface area contributed by atoms with Gasteiger partial charge in [0.2, 0.25) is 5.91 Å². The van der Waals surface area contributed by atoms with Gasteiger partial charge in [0.15, 0.2) is 0 Å². The van der Waals surface area contributed by atoms with E-state index in [2.05, 4.69) is 61.3 Å². The van der Waals surface area contributed by atoms with Crippen molar-refractivity contribution in [2.75, 3.05) is 60.6 Å². The first-order chi connectivity index (χ1) is 16.1. The van der Waals surface area contributed by atoms with Crippen LogP contribution >= 0.6 is 0 Å². The first-order valence-electron chi connectivity index (χ1n) is 12.7. The summed E-state index contributed by atoms with van der Waals surface area (Å²) in [7, 11) is 6.03. The summed E-state index contributed by atoms with van der Waals surface area (Å²) in [5, 5.41) is 17.3. The Morgan fingerprint density at radius 3 is 2.76 bits per heavy atom. The lowest BCUT2D eigenvalue weighted by Crippen LogP contribution is -2.58. The van der Waals surface area contributed by atoms with Gasteiger partial charge in [0.1, 0.15) is 6.23 Å². The number of piperidine rings is 2. The molecule has 4 rings (SSSR count). The number of hydrazine groups is 1. The van der Waals surface area contributed by atoms with Crippen LogP contribution in [0.5, 0.6) is 0 Å². The number of hydrogen-bond acceptors (Lipinski definition) is 10. The maximum absolute atomic E-state index is 12.9. The Balaban J connectivity index is 1.19. The molecule has 4 fully saturated rings. The summed E-state index contributed by atoms with van der Waals surface area (Å²) in [5.41, 5.74) is 6.87. The SMILES string of the molecule is COC1C(CNC(=O)C2CCNC(NCC3NNC(C4CCNCN4)N3C)C2)CCCN1C. The van der Waals surface area contributed by atoms with Crippen molar-refractivity contribution in [1.82, 2.24) is 47.2 Å². The van der Waals surface area contributed by atoms with E-state index >= 15 is 0 Å². The molecule has 4 aliphatic rings. The predicted molar refractivity (Wildman–Crippen MR) is 128 cm³/mol. The molecule has 33 heavy (non-hydrogen) atoms. The highest BCUT2D eigenvalue weighted by Crippen LogP contribution is 2.23. The molecule has 0 spiro atoms. The van der Waals surface area contributed by atoms with E-state index in [-0.39, 0.29) is 36.6 Å². The monoisotopic (exact) mass is 467 g/mol. The number of carbonyl (C=O) groups excluding carboxylic acids is 1. The molecule has 4 saturated heterocycles. The maximum Gasteiger partial charge on any atom is 0.223 e. The summed E-state index contributed by atoms with van der Waals surface area (Å²) < 4.78 is 5.68. The number of methoxy groups -OCH3 is 1. The van der Waals surface area contributed by atoms with E-state index in [1.807, 2.05) is 0 Å². The van der Waals surface area contributed by atoms with Crippen LogP contribution in [0, 0.1) is 11.8 Å². The Morgan fingerprint density at radius 1 is 1.09 bits per heavy atom. The third kappa shape index (κ3) is 6.41. The Labute approximate surface area is 198 Å². The molecule has 0 aliphatic carbocycles. The van der Waals surface area contributed by atoms with Gasteiger partial charge in [0.25, 0.3) is 0 Å². The number of carbonyl (C=O) groups is 1. The standard InChI is InChI=1S/C22H45N9O2/c1-30-10-4-5-16(22(30)33-3)12-26-21(32)15-6-9-24-18(11-15)25-13-19-28-29-20(31(19)2)17-7-8-23-14-27-17/h15-20,22-25,27-29H,4-14H2,1-3H3,(H,26,32). The second kappa shape index (κ2) is 12.2. The van der Waals surface area contributed by atoms with Gasteiger partial charge in [-0.1, -0.05) is 0 Å². The molecular weight excluding hydrogens is 422 g/mol. The second-order valence-electron chi connectivity index (χ2n) is 10.1. The number of hydrogen-bond donors (Lipinski definition) is 7. The van der Waals surface area contributed by atoms with Crippen molar-refractivity contribution in [3.05, 3.63) is 0 Å². The molecule has 0 bridgehead atoms. The summed E-state index contributed by atoms with van der Waals surface area (Å²) in [6, 6.07) is 0.427. The van der Waals surface area contributed by atoms with Crippen molar-refractivity contribution < 1.29 is 9.53 Å². The zero-order valence-electron chi connectivity index (χ0n) is 20.5. The minimum absolute atomic E-state index is 0.0464. The highest BCUT2D eigenvalue weighted by molar-refractivity contribution is 5.78. The quantitative estimate of drug-likeness (QED) is 0.215. The van der Waals surface area contributed by atoms with Crippen LogP contribution in [0.3, 0.4) is 0 Å². The van der Waals surface area contributed by atoms with Crippen molar-refractivity contribution in [3.8, 4) is 0 Å². The third-order valence-corrected chi connectivity index (χ3v) is 7.87. The van der Waals surface area contributed by atoms with Gasteiger partial charge >= 0.3 is 0 Å². The van der Waals surface area contributed by atoms with Crippen molar-refractivity contribution in [2.24, 2.45) is 11.8 Å². The van der Waals surface area contributed by atoms with E-state index < -0.39 is 0 Å². The molecule has 7 unspecified atom stereocenters. The van der Waals surface area contributed by atoms with Crippen LogP contribution in [0.2, 0.25) is 0 Å². The number of nitrogens with one attached hydrogen (secondary N) is 7. The highest BCUT2D eigenvalue weighted by atomic mass is 16.5. The van der Waals surface area contributed by atoms with Gasteiger partial charge < -0.3 is 20.7 Å². The minimum Gasteiger partial charge on any atom is -0.366 e. The second-order valence-corrected chi connectivity index (χ2v) is 10.1. The van der Waals surface area contributed by atoms with Crippen LogP contribution in [0.15, 0.2) is 0 Å². The average Bonchev–Trinajstić information content (AvgIpc) is 3.22. The molecule has 190 valence electrons. The lowest BCUT2D eigenvalue weighted by Gasteiger charge is -2.38. The lowest BCUT2D eigenvalue weighted by atomic mass is 9.93. The Bertz CT molecular complexity index is 621. The van der Waals surface area contributed by atoms with Crippen molar-refractivity contribution >= 4 is 5.91 Å². The van der Waals surface area contributed by atoms with E-state index in [1.54, 1.807) is 7.11 Å². The van der Waals surface area contributed by atoms with Crippen LogP contribution < -0.4 is 37.4 Å². The number of amides is 1. The van der Waals surface area contributed by atoms with Gasteiger partial charge in [-0.05, 0) is 59.3 Å². The van der Waals surface area contributed by atoms with Crippen LogP contribution in [0.4, 0.5) is 0 Å². The molecule has 4 aliphatic heterocycles. The topological polar surface area (TPSA) is 117 Å². The number of likely N-dealkylation sites (tertiary alicyclic amines) is 1. The molecule has 0 saturated carbocycles. The van der Waals surface area contributed by atoms with E-state index in [1.165, 1.54) is 0 Å². The van der Waals surface area contributed by atoms with Gasteiger partial charge in [-0.15, -0.1) is 0 Å². The third-order valence-electron chi connectivity index (χ3n) is 7.87. The number of ether oxygens (including phenoxy) is 1. The Hall–Kier alpha value is -0.890. The summed E-state index contributed by atoms with van der Waals surface area (Å²) in [4.78, 5) is 17.5. The van der Waals surface area contributed by atoms with Gasteiger partial charge in [-0.25, -0.2) is 10.9 Å². The van der Waals surface area contributed by atoms with Crippen LogP contribution in [0.25, 0.3) is 0 Å². The van der Waals surface area contributed by atoms with Gasteiger partial charge in [0.05, 0.1) is 18.5 Å². The van der Waals surface area contributed by atoms with Crippen LogP contribution in [-0.2, 0) is 9.53 Å². The maximum atomic E-state index is 12.9. The predicted octanol–water partition coefficient (Wildman–Crippen LogP) is -2.07. The lowest BCUT2D eigenvalue weighted by molar-refractivity contribution is -0.127. The molecule has 11 heteroatoms. The Kier molecular flexibility index (Phi) is 9.31. The summed E-state index contributed by atoms with van der Waals surface area (Å²) in [5.74, 6) is 0.582. The number of nitrogens with zero attached hydrogens (tertiary/aromatic N) is 2. The van der Waals surface area contributed by atoms with Gasteiger partial charge in [-0.2, -0.15) is 0 Å². The molecule has 7 N–H and O–H groups in total. The van der Waals surface area contributed by atoms with Crippen molar-refractivity contribution in [1.29, 1.82) is 0 Å². The highest BCUT2D eigenvalue weighted by Gasteiger charge is 2.36. The molecular formula is C22H45N9O2. The molecule has 4 heterocycles. The van der Waals surface area contributed by atoms with Crippen LogP contribution in [0.1, 0.15) is 32.1 Å². The van der Waals surface area contributed by atoms with E-state index in [9.17, 15) is 4.79 Å². The van der Waals surface area contributed by atoms with E-state index in [0.29, 0.717) is 18.5 Å². The summed E-state index contributed by atoms with van der Waals surface area (Å²) in [6.45, 7) is 5.32. The first kappa shape index (κ1) is 25.2. The molecule has 0 radical (unpaired) electrons. The molecule has 0 aromatic rings. The largest absolute Gasteiger partial charge is 0.366 e. The van der Waals surface area contributed by atoms with Gasteiger partial charge in [-0.3, -0.25) is 25.2 Å². The summed E-state index contributed by atoms with van der Waals surface area (Å²) in [6.07, 6.45) is 5.77. The fourth-order valence-electron chi connectivity index (χ4n) is 5.83. The van der Waals surface area contributed by atoms with Gasteiger partial charge in [0, 0.05) is 51.3 Å². The number of likely N-dealkylation sites (N-methyl/N-ethyl adjacent to an activating group) is 1. The molecule has 0 aromatic carbocycles. The van der Waals surface area contributed by atoms with E-state index in [4.69, 9.17) is 4.74 Å². The van der Waals surface area contributed by atoms with Crippen molar-refractivity contribution in [2.45, 2.75) is 62.9 Å². The minimum atomic E-state index is 0.0464. The zero-order valence-corrected chi connectivity index (χ0v) is 20.5. The fourth-order valence-corrected chi connectivity index (χ4v) is 5.83. The molecule has 11 nitrogen and oxygen atoms in total. The molecule has 7 atom stereocenters. The fraction of sp³-hybridized carbons (Fsp3) is 0.955. The normalized spacial score (nSPS) is 38.9. The smallest absolute Gasteiger partial charge is 0.223 e. The van der Waals surface area contributed by atoms with E-state index in [0.717, 1.165) is 65.0 Å². The molecule has 0 aromatic heterocycles. The molecule has 1 amide bonds. The van der Waals surface area contributed by atoms with Crippen LogP contribution in [-0.4, -0.2) is 107 Å². The summed E-state index contributed by atoms with van der Waals surface area (Å²) >= 11 is 0. The Morgan fingerprint density at radius 2 is 1.97 bits per heavy atom. The van der Waals surface area contributed by atoms with Crippen molar-refractivity contribution in [3.63, 3.8) is 0 Å². The average molecular weight is 468 g/mol. The zero-order chi connectivity index (χ0) is 23.2. The first-order valence-corrected chi connectivity index (χ1v) is 12.7.